The Morgan fingerprint density at radius 3 is 3.00 bits per heavy atom. The second-order valence-corrected chi connectivity index (χ2v) is 5.56. The number of hydrogen-bond acceptors (Lipinski definition) is 4. The molecule has 1 aromatic carbocycles. The number of amides is 1. The van der Waals surface area contributed by atoms with E-state index in [4.69, 9.17) is 0 Å². The van der Waals surface area contributed by atoms with Crippen LogP contribution in [0.15, 0.2) is 53.8 Å². The second kappa shape index (κ2) is 5.88. The van der Waals surface area contributed by atoms with E-state index in [1.807, 2.05) is 29.0 Å². The molecule has 0 atom stereocenters. The quantitative estimate of drug-likeness (QED) is 0.800. The van der Waals surface area contributed by atoms with Gasteiger partial charge < -0.3 is 9.88 Å². The molecule has 3 aromatic rings. The first kappa shape index (κ1) is 13.5. The van der Waals surface area contributed by atoms with Gasteiger partial charge in [-0.3, -0.25) is 9.59 Å². The van der Waals surface area contributed by atoms with Crippen molar-refractivity contribution in [3.8, 4) is 0 Å². The van der Waals surface area contributed by atoms with Gasteiger partial charge in [-0.05, 0) is 17.5 Å². The van der Waals surface area contributed by atoms with Crippen LogP contribution in [0.2, 0.25) is 0 Å². The predicted molar refractivity (Wildman–Crippen MR) is 82.7 cm³/mol. The molecule has 0 spiro atoms. The normalized spacial score (nSPS) is 10.7. The monoisotopic (exact) mass is 299 g/mol. The highest BCUT2D eigenvalue weighted by atomic mass is 32.1. The molecule has 0 saturated carbocycles. The van der Waals surface area contributed by atoms with Gasteiger partial charge in [0.05, 0.1) is 11.2 Å². The Morgan fingerprint density at radius 2 is 2.19 bits per heavy atom. The molecule has 0 aliphatic rings. The van der Waals surface area contributed by atoms with Crippen LogP contribution >= 0.6 is 11.3 Å². The fraction of sp³-hybridized carbons (Fsp3) is 0.133. The van der Waals surface area contributed by atoms with Gasteiger partial charge in [-0.15, -0.1) is 0 Å². The molecule has 2 heterocycles. The maximum atomic E-state index is 12.1. The third-order valence-electron chi connectivity index (χ3n) is 3.11. The zero-order chi connectivity index (χ0) is 14.7. The number of rotatable bonds is 4. The number of carbonyl (C=O) groups excluding carboxylic acids is 1. The van der Waals surface area contributed by atoms with Gasteiger partial charge >= 0.3 is 0 Å². The van der Waals surface area contributed by atoms with Crippen molar-refractivity contribution < 1.29 is 4.79 Å². The number of nitrogens with zero attached hydrogens (tertiary/aromatic N) is 2. The summed E-state index contributed by atoms with van der Waals surface area (Å²) in [5.41, 5.74) is 0. The molecule has 0 radical (unpaired) electrons. The van der Waals surface area contributed by atoms with E-state index in [-0.39, 0.29) is 10.6 Å². The summed E-state index contributed by atoms with van der Waals surface area (Å²) in [5.74, 6) is -0.219. The van der Waals surface area contributed by atoms with Crippen LogP contribution in [-0.4, -0.2) is 22.0 Å². The van der Waals surface area contributed by atoms with E-state index in [9.17, 15) is 9.59 Å². The van der Waals surface area contributed by atoms with E-state index in [1.165, 1.54) is 0 Å². The van der Waals surface area contributed by atoms with E-state index in [0.717, 1.165) is 16.7 Å². The average molecular weight is 299 g/mol. The molecule has 3 rings (SSSR count). The minimum atomic E-state index is -0.219. The molecule has 106 valence electrons. The molecule has 6 heteroatoms. The Bertz CT molecular complexity index is 824. The minimum absolute atomic E-state index is 0.0899. The van der Waals surface area contributed by atoms with Crippen LogP contribution in [0.3, 0.4) is 0 Å². The van der Waals surface area contributed by atoms with Crippen molar-refractivity contribution in [3.63, 3.8) is 0 Å². The summed E-state index contributed by atoms with van der Waals surface area (Å²) < 4.78 is 1.79. The topological polar surface area (TPSA) is 64.0 Å². The summed E-state index contributed by atoms with van der Waals surface area (Å²) in [7, 11) is 0. The van der Waals surface area contributed by atoms with Crippen molar-refractivity contribution in [2.45, 2.75) is 6.54 Å². The van der Waals surface area contributed by atoms with Crippen molar-refractivity contribution in [1.29, 1.82) is 0 Å². The number of aromatic nitrogens is 2. The first-order chi connectivity index (χ1) is 10.2. The first-order valence-electron chi connectivity index (χ1n) is 6.51. The maximum absolute atomic E-state index is 12.1. The summed E-state index contributed by atoms with van der Waals surface area (Å²) in [6.45, 7) is 1.14. The minimum Gasteiger partial charge on any atom is -0.350 e. The molecule has 5 nitrogen and oxygen atoms in total. The van der Waals surface area contributed by atoms with Crippen LogP contribution in [0.4, 0.5) is 0 Å². The third-order valence-corrected chi connectivity index (χ3v) is 4.04. The average Bonchev–Trinajstić information content (AvgIpc) is 3.00. The van der Waals surface area contributed by atoms with Gasteiger partial charge in [0.25, 0.3) is 5.91 Å². The molecule has 0 unspecified atom stereocenters. The number of hydrogen-bond donors (Lipinski definition) is 1. The molecule has 0 bridgehead atoms. The fourth-order valence-corrected chi connectivity index (χ4v) is 2.90. The van der Waals surface area contributed by atoms with Gasteiger partial charge in [-0.25, -0.2) is 4.98 Å². The Morgan fingerprint density at radius 1 is 1.33 bits per heavy atom. The zero-order valence-corrected chi connectivity index (χ0v) is 12.0. The third kappa shape index (κ3) is 3.00. The van der Waals surface area contributed by atoms with Gasteiger partial charge in [0.15, 0.2) is 0 Å². The summed E-state index contributed by atoms with van der Waals surface area (Å²) in [6.07, 6.45) is 5.22. The molecular weight excluding hydrogens is 286 g/mol. The largest absolute Gasteiger partial charge is 0.350 e. The Kier molecular flexibility index (Phi) is 3.79. The van der Waals surface area contributed by atoms with Gasteiger partial charge in [0.1, 0.15) is 0 Å². The molecular formula is C15H13N3O2S. The summed E-state index contributed by atoms with van der Waals surface area (Å²) in [6, 6.07) is 9.04. The van der Waals surface area contributed by atoms with Crippen molar-refractivity contribution in [3.05, 3.63) is 63.5 Å². The van der Waals surface area contributed by atoms with Crippen LogP contribution in [0.1, 0.15) is 9.67 Å². The molecule has 0 aliphatic heterocycles. The lowest BCUT2D eigenvalue weighted by atomic mass is 10.2. The van der Waals surface area contributed by atoms with E-state index >= 15 is 0 Å². The first-order valence-corrected chi connectivity index (χ1v) is 7.32. The van der Waals surface area contributed by atoms with Gasteiger partial charge in [0.2, 0.25) is 4.74 Å². The van der Waals surface area contributed by atoms with Crippen LogP contribution < -0.4 is 10.1 Å². The highest BCUT2D eigenvalue weighted by molar-refractivity contribution is 7.12. The molecule has 1 amide bonds. The lowest BCUT2D eigenvalue weighted by molar-refractivity contribution is 0.0956. The second-order valence-electron chi connectivity index (χ2n) is 4.54. The Balaban J connectivity index is 1.74. The van der Waals surface area contributed by atoms with E-state index < -0.39 is 0 Å². The number of benzene rings is 1. The maximum Gasteiger partial charge on any atom is 0.261 e. The van der Waals surface area contributed by atoms with Crippen LogP contribution in [0.5, 0.6) is 0 Å². The Hall–Kier alpha value is -2.47. The highest BCUT2D eigenvalue weighted by Crippen LogP contribution is 2.14. The summed E-state index contributed by atoms with van der Waals surface area (Å²) >= 11 is 0.976. The molecule has 0 aliphatic carbocycles. The molecule has 21 heavy (non-hydrogen) atoms. The molecule has 2 aromatic heterocycles. The van der Waals surface area contributed by atoms with E-state index in [2.05, 4.69) is 10.3 Å². The molecule has 1 N–H and O–H groups in total. The lowest BCUT2D eigenvalue weighted by Gasteiger charge is -2.06. The number of carbonyl (C=O) groups is 1. The van der Waals surface area contributed by atoms with E-state index in [1.54, 1.807) is 24.7 Å². The number of nitrogens with one attached hydrogen (secondary N) is 1. The smallest absolute Gasteiger partial charge is 0.261 e. The van der Waals surface area contributed by atoms with Crippen LogP contribution in [0.25, 0.3) is 10.8 Å². The van der Waals surface area contributed by atoms with Crippen LogP contribution in [-0.2, 0) is 6.54 Å². The van der Waals surface area contributed by atoms with Gasteiger partial charge in [0, 0.05) is 30.9 Å². The Labute approximate surface area is 124 Å². The number of imidazole rings is 1. The highest BCUT2D eigenvalue weighted by Gasteiger charge is 2.09. The van der Waals surface area contributed by atoms with Gasteiger partial charge in [-0.2, -0.15) is 0 Å². The summed E-state index contributed by atoms with van der Waals surface area (Å²) in [4.78, 5) is 28.5. The summed E-state index contributed by atoms with van der Waals surface area (Å²) in [5, 5.41) is 4.26. The van der Waals surface area contributed by atoms with Crippen molar-refractivity contribution in [2.75, 3.05) is 6.54 Å². The fourth-order valence-electron chi connectivity index (χ4n) is 2.05. The molecule has 0 saturated heterocycles. The SMILES string of the molecule is O=C(NCCn1ccnc1)c1cc2ccccc2c(=O)s1. The predicted octanol–water partition coefficient (Wildman–Crippen LogP) is 1.89. The van der Waals surface area contributed by atoms with Crippen molar-refractivity contribution >= 4 is 28.0 Å². The zero-order valence-electron chi connectivity index (χ0n) is 11.2. The number of fused-ring (bicyclic) bond motifs is 1. The van der Waals surface area contributed by atoms with Crippen molar-refractivity contribution in [2.24, 2.45) is 0 Å². The van der Waals surface area contributed by atoms with Crippen molar-refractivity contribution in [1.82, 2.24) is 14.9 Å². The van der Waals surface area contributed by atoms with Crippen LogP contribution in [0, 0.1) is 0 Å². The molecule has 0 fully saturated rings. The van der Waals surface area contributed by atoms with Gasteiger partial charge in [-0.1, -0.05) is 29.5 Å². The standard InChI is InChI=1S/C15H13N3O2S/c19-14(17-6-8-18-7-5-16-10-18)13-9-11-3-1-2-4-12(11)15(20)21-13/h1-5,7,9-10H,6,8H2,(H,17,19). The van der Waals surface area contributed by atoms with E-state index in [0.29, 0.717) is 23.4 Å². The lowest BCUT2D eigenvalue weighted by Crippen LogP contribution is -2.27.